The predicted octanol–water partition coefficient (Wildman–Crippen LogP) is 1.67. The predicted molar refractivity (Wildman–Crippen MR) is 83.2 cm³/mol. The minimum absolute atomic E-state index is 0.0809. The number of carbonyl (C=O) groups is 1. The molecule has 6 heteroatoms. The first-order valence-corrected chi connectivity index (χ1v) is 7.28. The molecule has 0 aliphatic carbocycles. The van der Waals surface area contributed by atoms with Gasteiger partial charge in [0.15, 0.2) is 0 Å². The lowest BCUT2D eigenvalue weighted by Crippen LogP contribution is -2.25. The normalized spacial score (nSPS) is 11.8. The van der Waals surface area contributed by atoms with Crippen LogP contribution in [-0.4, -0.2) is 45.5 Å². The van der Waals surface area contributed by atoms with Crippen LogP contribution in [0.1, 0.15) is 30.9 Å². The molecule has 22 heavy (non-hydrogen) atoms. The smallest absolute Gasteiger partial charge is 0.220 e. The highest BCUT2D eigenvalue weighted by atomic mass is 16.5. The Morgan fingerprint density at radius 3 is 2.68 bits per heavy atom. The Labute approximate surface area is 131 Å². The molecular formula is C16H25NO5. The Bertz CT molecular complexity index is 464. The number of methoxy groups -OCH3 is 3. The first kappa shape index (κ1) is 18.3. The van der Waals surface area contributed by atoms with Crippen LogP contribution >= 0.6 is 0 Å². The molecule has 2 N–H and O–H groups in total. The van der Waals surface area contributed by atoms with Gasteiger partial charge in [0, 0.05) is 38.3 Å². The van der Waals surface area contributed by atoms with E-state index in [4.69, 9.17) is 14.2 Å². The summed E-state index contributed by atoms with van der Waals surface area (Å²) in [6.45, 7) is 1.20. The molecule has 1 aromatic rings. The van der Waals surface area contributed by atoms with E-state index in [1.807, 2.05) is 0 Å². The van der Waals surface area contributed by atoms with E-state index in [2.05, 4.69) is 5.32 Å². The zero-order chi connectivity index (χ0) is 16.4. The fraction of sp³-hybridized carbons (Fsp3) is 0.562. The summed E-state index contributed by atoms with van der Waals surface area (Å²) in [6, 6.07) is 5.22. The third-order valence-electron chi connectivity index (χ3n) is 3.29. The molecule has 0 aliphatic heterocycles. The van der Waals surface area contributed by atoms with Gasteiger partial charge in [0.2, 0.25) is 5.91 Å². The molecule has 0 saturated carbocycles. The van der Waals surface area contributed by atoms with Gasteiger partial charge in [-0.1, -0.05) is 0 Å². The number of nitrogens with one attached hydrogen (secondary N) is 1. The van der Waals surface area contributed by atoms with Gasteiger partial charge < -0.3 is 24.6 Å². The van der Waals surface area contributed by atoms with Crippen molar-refractivity contribution in [3.63, 3.8) is 0 Å². The zero-order valence-electron chi connectivity index (χ0n) is 13.4. The van der Waals surface area contributed by atoms with E-state index in [0.29, 0.717) is 36.6 Å². The molecule has 0 bridgehead atoms. The van der Waals surface area contributed by atoms with Crippen LogP contribution in [0, 0.1) is 0 Å². The topological polar surface area (TPSA) is 77.0 Å². The van der Waals surface area contributed by atoms with Crippen LogP contribution in [0.3, 0.4) is 0 Å². The van der Waals surface area contributed by atoms with E-state index in [1.165, 1.54) is 7.11 Å². The summed E-state index contributed by atoms with van der Waals surface area (Å²) in [5.41, 5.74) is 0.649. The zero-order valence-corrected chi connectivity index (χ0v) is 13.4. The first-order valence-electron chi connectivity index (χ1n) is 7.28. The Hall–Kier alpha value is -1.79. The second kappa shape index (κ2) is 10.0. The number of aliphatic hydroxyl groups excluding tert-OH is 1. The van der Waals surface area contributed by atoms with E-state index in [1.54, 1.807) is 32.4 Å². The van der Waals surface area contributed by atoms with Crippen LogP contribution in [0.4, 0.5) is 0 Å². The van der Waals surface area contributed by atoms with Gasteiger partial charge in [0.05, 0.1) is 20.3 Å². The van der Waals surface area contributed by atoms with Crippen molar-refractivity contribution in [2.24, 2.45) is 0 Å². The van der Waals surface area contributed by atoms with Crippen molar-refractivity contribution in [1.29, 1.82) is 0 Å². The number of carbonyl (C=O) groups excluding carboxylic acids is 1. The third kappa shape index (κ3) is 5.91. The molecule has 1 atom stereocenters. The van der Waals surface area contributed by atoms with Crippen LogP contribution < -0.4 is 14.8 Å². The molecule has 1 unspecified atom stereocenters. The van der Waals surface area contributed by atoms with Crippen LogP contribution in [0.25, 0.3) is 0 Å². The van der Waals surface area contributed by atoms with Gasteiger partial charge in [0.25, 0.3) is 0 Å². The van der Waals surface area contributed by atoms with E-state index in [9.17, 15) is 9.90 Å². The summed E-state index contributed by atoms with van der Waals surface area (Å²) in [6.07, 6.45) is 0.602. The van der Waals surface area contributed by atoms with Crippen LogP contribution in [0.2, 0.25) is 0 Å². The fourth-order valence-corrected chi connectivity index (χ4v) is 2.05. The molecule has 0 radical (unpaired) electrons. The van der Waals surface area contributed by atoms with Crippen molar-refractivity contribution in [2.75, 3.05) is 34.5 Å². The summed E-state index contributed by atoms with van der Waals surface area (Å²) in [4.78, 5) is 11.7. The summed E-state index contributed by atoms with van der Waals surface area (Å²) >= 11 is 0. The molecule has 0 heterocycles. The summed E-state index contributed by atoms with van der Waals surface area (Å²) < 4.78 is 15.3. The van der Waals surface area contributed by atoms with Gasteiger partial charge in [0.1, 0.15) is 11.5 Å². The van der Waals surface area contributed by atoms with Gasteiger partial charge in [-0.05, 0) is 25.0 Å². The van der Waals surface area contributed by atoms with Crippen LogP contribution in [-0.2, 0) is 9.53 Å². The van der Waals surface area contributed by atoms with Crippen LogP contribution in [0.5, 0.6) is 11.5 Å². The minimum atomic E-state index is -0.759. The fourth-order valence-electron chi connectivity index (χ4n) is 2.05. The van der Waals surface area contributed by atoms with Crippen molar-refractivity contribution in [1.82, 2.24) is 5.32 Å². The Morgan fingerprint density at radius 1 is 1.27 bits per heavy atom. The number of hydrogen-bond acceptors (Lipinski definition) is 5. The van der Waals surface area contributed by atoms with Crippen molar-refractivity contribution >= 4 is 5.91 Å². The molecular weight excluding hydrogens is 286 g/mol. The molecule has 1 aromatic carbocycles. The largest absolute Gasteiger partial charge is 0.497 e. The number of ether oxygens (including phenoxy) is 3. The molecule has 1 rings (SSSR count). The monoisotopic (exact) mass is 311 g/mol. The van der Waals surface area contributed by atoms with Crippen LogP contribution in [0.15, 0.2) is 18.2 Å². The van der Waals surface area contributed by atoms with Crippen molar-refractivity contribution in [3.05, 3.63) is 23.8 Å². The SMILES string of the molecule is COCCCNC(=O)CCC(O)c1ccc(OC)cc1OC. The summed E-state index contributed by atoms with van der Waals surface area (Å²) in [5.74, 6) is 1.12. The summed E-state index contributed by atoms with van der Waals surface area (Å²) in [7, 11) is 4.73. The number of hydrogen-bond donors (Lipinski definition) is 2. The summed E-state index contributed by atoms with van der Waals surface area (Å²) in [5, 5.41) is 13.0. The minimum Gasteiger partial charge on any atom is -0.497 e. The number of benzene rings is 1. The van der Waals surface area contributed by atoms with Crippen molar-refractivity contribution in [2.45, 2.75) is 25.4 Å². The maximum absolute atomic E-state index is 11.7. The van der Waals surface area contributed by atoms with E-state index in [0.717, 1.165) is 6.42 Å². The molecule has 1 amide bonds. The first-order chi connectivity index (χ1) is 10.6. The van der Waals surface area contributed by atoms with Gasteiger partial charge in [-0.15, -0.1) is 0 Å². The highest BCUT2D eigenvalue weighted by Crippen LogP contribution is 2.31. The maximum Gasteiger partial charge on any atom is 0.220 e. The number of rotatable bonds is 10. The molecule has 6 nitrogen and oxygen atoms in total. The quantitative estimate of drug-likeness (QED) is 0.643. The average molecular weight is 311 g/mol. The second-order valence-electron chi connectivity index (χ2n) is 4.86. The Morgan fingerprint density at radius 2 is 2.05 bits per heavy atom. The lowest BCUT2D eigenvalue weighted by molar-refractivity contribution is -0.121. The third-order valence-corrected chi connectivity index (χ3v) is 3.29. The Balaban J connectivity index is 2.48. The Kier molecular flexibility index (Phi) is 8.32. The highest BCUT2D eigenvalue weighted by Gasteiger charge is 2.15. The number of amides is 1. The molecule has 0 aromatic heterocycles. The van der Waals surface area contributed by atoms with Gasteiger partial charge in [-0.3, -0.25) is 4.79 Å². The molecule has 0 aliphatic rings. The maximum atomic E-state index is 11.7. The lowest BCUT2D eigenvalue weighted by Gasteiger charge is -2.15. The van der Waals surface area contributed by atoms with E-state index < -0.39 is 6.10 Å². The van der Waals surface area contributed by atoms with Crippen molar-refractivity contribution in [3.8, 4) is 11.5 Å². The van der Waals surface area contributed by atoms with Gasteiger partial charge in [-0.2, -0.15) is 0 Å². The second-order valence-corrected chi connectivity index (χ2v) is 4.86. The number of aliphatic hydroxyl groups is 1. The van der Waals surface area contributed by atoms with E-state index >= 15 is 0 Å². The standard InChI is InChI=1S/C16H25NO5/c1-20-10-4-9-17-16(19)8-7-14(18)13-6-5-12(21-2)11-15(13)22-3/h5-6,11,14,18H,4,7-10H2,1-3H3,(H,17,19). The van der Waals surface area contributed by atoms with Crippen molar-refractivity contribution < 1.29 is 24.1 Å². The average Bonchev–Trinajstić information content (AvgIpc) is 2.55. The van der Waals surface area contributed by atoms with Gasteiger partial charge >= 0.3 is 0 Å². The molecule has 0 saturated heterocycles. The molecule has 124 valence electrons. The van der Waals surface area contributed by atoms with Gasteiger partial charge in [-0.25, -0.2) is 0 Å². The molecule has 0 spiro atoms. The lowest BCUT2D eigenvalue weighted by atomic mass is 10.0. The highest BCUT2D eigenvalue weighted by molar-refractivity contribution is 5.75. The molecule has 0 fully saturated rings. The van der Waals surface area contributed by atoms with E-state index in [-0.39, 0.29) is 12.3 Å².